The van der Waals surface area contributed by atoms with Crippen molar-refractivity contribution in [3.63, 3.8) is 0 Å². The van der Waals surface area contributed by atoms with Crippen molar-refractivity contribution in [3.8, 4) is 11.5 Å². The predicted octanol–water partition coefficient (Wildman–Crippen LogP) is 4.83. The molecular formula is C26H28N4O3. The molecule has 1 aliphatic heterocycles. The summed E-state index contributed by atoms with van der Waals surface area (Å²) in [5.41, 5.74) is 5.06. The highest BCUT2D eigenvalue weighted by Crippen LogP contribution is 2.45. The number of anilines is 1. The third-order valence-electron chi connectivity index (χ3n) is 6.66. The summed E-state index contributed by atoms with van der Waals surface area (Å²) in [7, 11) is 3.24. The van der Waals surface area contributed by atoms with Gasteiger partial charge in [-0.2, -0.15) is 10.1 Å². The number of allylic oxidation sites excluding steroid dienone is 2. The maximum Gasteiger partial charge on any atom is 0.226 e. The van der Waals surface area contributed by atoms with E-state index < -0.39 is 0 Å². The smallest absolute Gasteiger partial charge is 0.226 e. The Balaban J connectivity index is 1.53. The van der Waals surface area contributed by atoms with Gasteiger partial charge in [0.2, 0.25) is 5.95 Å². The molecule has 7 nitrogen and oxygen atoms in total. The van der Waals surface area contributed by atoms with Crippen LogP contribution in [0.2, 0.25) is 0 Å². The van der Waals surface area contributed by atoms with E-state index in [1.165, 1.54) is 11.9 Å². The van der Waals surface area contributed by atoms with Gasteiger partial charge in [-0.3, -0.25) is 4.79 Å². The molecule has 2 unspecified atom stereocenters. The lowest BCUT2D eigenvalue weighted by molar-refractivity contribution is -0.116. The minimum absolute atomic E-state index is 0.0435. The van der Waals surface area contributed by atoms with Crippen molar-refractivity contribution < 1.29 is 14.3 Å². The molecule has 1 aliphatic carbocycles. The Bertz CT molecular complexity index is 1230. The molecule has 2 aliphatic rings. The van der Waals surface area contributed by atoms with Crippen molar-refractivity contribution in [1.82, 2.24) is 14.8 Å². The van der Waals surface area contributed by atoms with Crippen LogP contribution in [0.3, 0.4) is 0 Å². The van der Waals surface area contributed by atoms with Crippen LogP contribution in [0, 0.1) is 0 Å². The average molecular weight is 445 g/mol. The Kier molecular flexibility index (Phi) is 5.40. The Morgan fingerprint density at radius 2 is 1.73 bits per heavy atom. The molecule has 3 aromatic rings. The molecule has 0 fully saturated rings. The van der Waals surface area contributed by atoms with Crippen LogP contribution < -0.4 is 14.8 Å². The van der Waals surface area contributed by atoms with Crippen molar-refractivity contribution in [1.29, 1.82) is 0 Å². The Morgan fingerprint density at radius 3 is 2.42 bits per heavy atom. The van der Waals surface area contributed by atoms with Crippen molar-refractivity contribution in [2.75, 3.05) is 19.5 Å². The van der Waals surface area contributed by atoms with E-state index in [4.69, 9.17) is 9.47 Å². The number of nitrogens with zero attached hydrogens (tertiary/aromatic N) is 3. The van der Waals surface area contributed by atoms with E-state index in [-0.39, 0.29) is 17.7 Å². The minimum Gasteiger partial charge on any atom is -0.493 e. The summed E-state index contributed by atoms with van der Waals surface area (Å²) < 4.78 is 12.7. The largest absolute Gasteiger partial charge is 0.493 e. The molecule has 0 spiro atoms. The van der Waals surface area contributed by atoms with E-state index in [1.807, 2.05) is 22.9 Å². The standard InChI is InChI=1S/C26H28N4O3/c1-15(2)16-5-7-17(8-6-16)25-24-20(29-26-27-14-28-30(25)26)11-19(12-21(24)31)18-9-10-22(32-3)23(13-18)33-4/h5-10,13-15,19,25H,11-12H2,1-4H3,(H,27,28,29). The van der Waals surface area contributed by atoms with Crippen molar-refractivity contribution in [2.24, 2.45) is 0 Å². The SMILES string of the molecule is COc1ccc(C2CC(=O)C3=C(C2)Nc2ncnn2C3c2ccc(C(C)C)cc2)cc1OC. The number of Topliss-reactive ketones (excluding diaryl/α,β-unsaturated/α-hetero) is 1. The van der Waals surface area contributed by atoms with Crippen LogP contribution in [0.1, 0.15) is 61.3 Å². The Labute approximate surface area is 193 Å². The zero-order chi connectivity index (χ0) is 23.1. The third kappa shape index (κ3) is 3.67. The molecule has 2 atom stereocenters. The van der Waals surface area contributed by atoms with Gasteiger partial charge in [0.15, 0.2) is 17.3 Å². The number of aromatic nitrogens is 3. The third-order valence-corrected chi connectivity index (χ3v) is 6.66. The van der Waals surface area contributed by atoms with Crippen LogP contribution in [0.15, 0.2) is 60.1 Å². The fraction of sp³-hybridized carbons (Fsp3) is 0.346. The molecule has 7 heteroatoms. The molecule has 33 heavy (non-hydrogen) atoms. The molecule has 2 heterocycles. The number of benzene rings is 2. The number of ketones is 1. The molecule has 0 saturated carbocycles. The number of carbonyl (C=O) groups is 1. The quantitative estimate of drug-likeness (QED) is 0.607. The molecule has 2 aromatic carbocycles. The first-order valence-electron chi connectivity index (χ1n) is 11.2. The maximum absolute atomic E-state index is 13.6. The fourth-order valence-electron chi connectivity index (χ4n) is 4.87. The number of hydrogen-bond acceptors (Lipinski definition) is 6. The normalized spacial score (nSPS) is 19.7. The zero-order valence-corrected chi connectivity index (χ0v) is 19.3. The van der Waals surface area contributed by atoms with Gasteiger partial charge < -0.3 is 14.8 Å². The molecule has 0 bridgehead atoms. The van der Waals surface area contributed by atoms with Gasteiger partial charge in [-0.15, -0.1) is 0 Å². The van der Waals surface area contributed by atoms with Crippen LogP contribution in [-0.2, 0) is 4.79 Å². The van der Waals surface area contributed by atoms with Gasteiger partial charge in [-0.25, -0.2) is 4.68 Å². The van der Waals surface area contributed by atoms with Gasteiger partial charge in [-0.05, 0) is 47.1 Å². The highest BCUT2D eigenvalue weighted by molar-refractivity contribution is 6.00. The molecule has 0 saturated heterocycles. The second-order valence-electron chi connectivity index (χ2n) is 8.91. The fourth-order valence-corrected chi connectivity index (χ4v) is 4.87. The summed E-state index contributed by atoms with van der Waals surface area (Å²) in [5, 5.41) is 7.82. The van der Waals surface area contributed by atoms with E-state index in [2.05, 4.69) is 53.5 Å². The molecule has 0 amide bonds. The number of hydrogen-bond donors (Lipinski definition) is 1. The zero-order valence-electron chi connectivity index (χ0n) is 19.3. The first-order chi connectivity index (χ1) is 16.0. The first kappa shape index (κ1) is 21.2. The number of fused-ring (bicyclic) bond motifs is 1. The topological polar surface area (TPSA) is 78.3 Å². The number of rotatable bonds is 5. The summed E-state index contributed by atoms with van der Waals surface area (Å²) in [4.78, 5) is 18.0. The monoisotopic (exact) mass is 444 g/mol. The first-order valence-corrected chi connectivity index (χ1v) is 11.2. The Morgan fingerprint density at radius 1 is 1.00 bits per heavy atom. The summed E-state index contributed by atoms with van der Waals surface area (Å²) in [6, 6.07) is 14.1. The van der Waals surface area contributed by atoms with Crippen LogP contribution in [0.5, 0.6) is 11.5 Å². The van der Waals surface area contributed by atoms with Crippen LogP contribution in [0.25, 0.3) is 0 Å². The summed E-state index contributed by atoms with van der Waals surface area (Å²) in [6.07, 6.45) is 2.68. The lowest BCUT2D eigenvalue weighted by Gasteiger charge is -2.35. The van der Waals surface area contributed by atoms with Crippen LogP contribution >= 0.6 is 0 Å². The van der Waals surface area contributed by atoms with Gasteiger partial charge in [0.25, 0.3) is 0 Å². The number of methoxy groups -OCH3 is 2. The van der Waals surface area contributed by atoms with Crippen molar-refractivity contribution in [3.05, 3.63) is 76.8 Å². The van der Waals surface area contributed by atoms with Crippen molar-refractivity contribution in [2.45, 2.75) is 44.6 Å². The molecular weight excluding hydrogens is 416 g/mol. The van der Waals surface area contributed by atoms with Gasteiger partial charge in [-0.1, -0.05) is 44.2 Å². The lowest BCUT2D eigenvalue weighted by Crippen LogP contribution is -2.33. The van der Waals surface area contributed by atoms with Crippen LogP contribution in [0.4, 0.5) is 5.95 Å². The molecule has 1 N–H and O–H groups in total. The number of carbonyl (C=O) groups excluding carboxylic acids is 1. The van der Waals surface area contributed by atoms with E-state index in [9.17, 15) is 4.79 Å². The second kappa shape index (κ2) is 8.39. The summed E-state index contributed by atoms with van der Waals surface area (Å²) in [6.45, 7) is 4.35. The van der Waals surface area contributed by atoms with E-state index >= 15 is 0 Å². The minimum atomic E-state index is -0.279. The van der Waals surface area contributed by atoms with Gasteiger partial charge in [0, 0.05) is 17.7 Å². The molecule has 1 aromatic heterocycles. The highest BCUT2D eigenvalue weighted by atomic mass is 16.5. The summed E-state index contributed by atoms with van der Waals surface area (Å²) in [5.74, 6) is 2.62. The van der Waals surface area contributed by atoms with Crippen LogP contribution in [-0.4, -0.2) is 34.8 Å². The maximum atomic E-state index is 13.6. The van der Waals surface area contributed by atoms with E-state index in [0.29, 0.717) is 36.2 Å². The number of nitrogens with one attached hydrogen (secondary N) is 1. The van der Waals surface area contributed by atoms with Gasteiger partial charge in [0.05, 0.1) is 14.2 Å². The highest BCUT2D eigenvalue weighted by Gasteiger charge is 2.39. The molecule has 5 rings (SSSR count). The predicted molar refractivity (Wildman–Crippen MR) is 126 cm³/mol. The van der Waals surface area contributed by atoms with Crippen molar-refractivity contribution >= 4 is 11.7 Å². The molecule has 0 radical (unpaired) electrons. The molecule has 170 valence electrons. The van der Waals surface area contributed by atoms with Gasteiger partial charge in [0.1, 0.15) is 12.4 Å². The second-order valence-corrected chi connectivity index (χ2v) is 8.91. The van der Waals surface area contributed by atoms with E-state index in [0.717, 1.165) is 22.4 Å². The summed E-state index contributed by atoms with van der Waals surface area (Å²) >= 11 is 0. The Hall–Kier alpha value is -3.61. The van der Waals surface area contributed by atoms with Gasteiger partial charge >= 0.3 is 0 Å². The average Bonchev–Trinajstić information content (AvgIpc) is 3.30. The van der Waals surface area contributed by atoms with E-state index in [1.54, 1.807) is 14.2 Å². The number of ether oxygens (including phenoxy) is 2. The lowest BCUT2D eigenvalue weighted by atomic mass is 9.77.